The van der Waals surface area contributed by atoms with Gasteiger partial charge in [-0.05, 0) is 54.0 Å². The molecule has 1 aliphatic heterocycles. The molecule has 4 rings (SSSR count). The van der Waals surface area contributed by atoms with Crippen molar-refractivity contribution in [3.8, 4) is 23.3 Å². The van der Waals surface area contributed by atoms with Crippen LogP contribution in [0.2, 0.25) is 0 Å². The normalized spacial score (nSPS) is 23.6. The van der Waals surface area contributed by atoms with Crippen LogP contribution in [0.4, 0.5) is 0 Å². The van der Waals surface area contributed by atoms with Gasteiger partial charge in [0.15, 0.2) is 0 Å². The molecule has 2 aliphatic rings. The molecule has 1 saturated heterocycles. The number of aromatic nitrogens is 1. The number of carbonyl (C=O) groups excluding carboxylic acids is 1. The van der Waals surface area contributed by atoms with Gasteiger partial charge in [0.25, 0.3) is 0 Å². The second-order valence-corrected chi connectivity index (χ2v) is 7.55. The lowest BCUT2D eigenvalue weighted by Gasteiger charge is -2.23. The van der Waals surface area contributed by atoms with E-state index >= 15 is 0 Å². The number of pyridine rings is 1. The van der Waals surface area contributed by atoms with E-state index in [4.69, 9.17) is 5.26 Å². The zero-order chi connectivity index (χ0) is 19.5. The van der Waals surface area contributed by atoms with Crippen LogP contribution in [0.25, 0.3) is 11.1 Å². The van der Waals surface area contributed by atoms with Crippen LogP contribution in [0.5, 0.6) is 0 Å². The van der Waals surface area contributed by atoms with Crippen LogP contribution in [0.3, 0.4) is 0 Å². The fourth-order valence-corrected chi connectivity index (χ4v) is 4.28. The van der Waals surface area contributed by atoms with Crippen molar-refractivity contribution < 1.29 is 4.79 Å². The highest BCUT2D eigenvalue weighted by atomic mass is 16.2. The van der Waals surface area contributed by atoms with Crippen molar-refractivity contribution in [2.45, 2.75) is 43.8 Å². The van der Waals surface area contributed by atoms with Gasteiger partial charge in [0.2, 0.25) is 5.91 Å². The summed E-state index contributed by atoms with van der Waals surface area (Å²) in [5, 5.41) is 24.7. The van der Waals surface area contributed by atoms with Crippen molar-refractivity contribution >= 4 is 5.91 Å². The van der Waals surface area contributed by atoms with Crippen molar-refractivity contribution in [2.24, 2.45) is 5.92 Å². The zero-order valence-corrected chi connectivity index (χ0v) is 15.4. The average molecular weight is 371 g/mol. The lowest BCUT2D eigenvalue weighted by atomic mass is 9.98. The Bertz CT molecular complexity index is 956. The number of piperidine rings is 1. The van der Waals surface area contributed by atoms with Crippen molar-refractivity contribution in [1.82, 2.24) is 15.6 Å². The van der Waals surface area contributed by atoms with Gasteiger partial charge in [-0.1, -0.05) is 24.3 Å². The Hall–Kier alpha value is -3.22. The van der Waals surface area contributed by atoms with E-state index in [9.17, 15) is 10.1 Å². The average Bonchev–Trinajstić information content (AvgIpc) is 3.37. The number of carbonyl (C=O) groups is 1. The SMILES string of the molecule is N#Cc1cc(-c2ccc(C[C@@H](C#N)NC(=O)[C@H]3N[C@@H]4CC[C@H]3C4)cc2)ccn1. The Morgan fingerprint density at radius 3 is 2.68 bits per heavy atom. The third-order valence-corrected chi connectivity index (χ3v) is 5.72. The van der Waals surface area contributed by atoms with Crippen LogP contribution in [-0.4, -0.2) is 29.0 Å². The number of hydrogen-bond acceptors (Lipinski definition) is 5. The predicted octanol–water partition coefficient (Wildman–Crippen LogP) is 2.31. The highest BCUT2D eigenvalue weighted by molar-refractivity contribution is 5.83. The highest BCUT2D eigenvalue weighted by Gasteiger charge is 2.42. The summed E-state index contributed by atoms with van der Waals surface area (Å²) >= 11 is 0. The number of benzene rings is 1. The summed E-state index contributed by atoms with van der Waals surface area (Å²) in [5.74, 6) is 0.346. The lowest BCUT2D eigenvalue weighted by molar-refractivity contribution is -0.124. The lowest BCUT2D eigenvalue weighted by Crippen LogP contribution is -2.50. The molecule has 1 amide bonds. The molecule has 2 bridgehead atoms. The maximum Gasteiger partial charge on any atom is 0.238 e. The number of nitriles is 2. The number of amides is 1. The van der Waals surface area contributed by atoms with Gasteiger partial charge in [-0.2, -0.15) is 10.5 Å². The molecule has 6 heteroatoms. The van der Waals surface area contributed by atoms with E-state index in [2.05, 4.69) is 21.7 Å². The topological polar surface area (TPSA) is 102 Å². The first-order valence-electron chi connectivity index (χ1n) is 9.58. The van der Waals surface area contributed by atoms with E-state index in [1.54, 1.807) is 12.3 Å². The molecule has 0 radical (unpaired) electrons. The van der Waals surface area contributed by atoms with Gasteiger partial charge in [-0.3, -0.25) is 4.79 Å². The van der Waals surface area contributed by atoms with Crippen molar-refractivity contribution in [3.63, 3.8) is 0 Å². The Labute approximate surface area is 164 Å². The number of fused-ring (bicyclic) bond motifs is 2. The van der Waals surface area contributed by atoms with Crippen LogP contribution in [-0.2, 0) is 11.2 Å². The summed E-state index contributed by atoms with van der Waals surface area (Å²) in [7, 11) is 0. The molecule has 1 saturated carbocycles. The minimum absolute atomic E-state index is 0.0591. The third-order valence-electron chi connectivity index (χ3n) is 5.72. The molecule has 4 atom stereocenters. The Kier molecular flexibility index (Phi) is 5.06. The van der Waals surface area contributed by atoms with Gasteiger partial charge in [0, 0.05) is 18.7 Å². The van der Waals surface area contributed by atoms with Crippen LogP contribution in [0.15, 0.2) is 42.6 Å². The van der Waals surface area contributed by atoms with E-state index in [0.29, 0.717) is 24.1 Å². The zero-order valence-electron chi connectivity index (χ0n) is 15.4. The van der Waals surface area contributed by atoms with Crippen molar-refractivity contribution in [3.05, 3.63) is 53.9 Å². The van der Waals surface area contributed by atoms with Crippen molar-refractivity contribution in [2.75, 3.05) is 0 Å². The summed E-state index contributed by atoms with van der Waals surface area (Å²) in [6, 6.07) is 15.4. The van der Waals surface area contributed by atoms with Gasteiger partial charge in [0.1, 0.15) is 17.8 Å². The standard InChI is InChI=1S/C22H21N5O/c23-12-19-10-16(7-8-25-19)15-3-1-14(2-4-15)9-20(13-24)27-22(28)21-17-5-6-18(11-17)26-21/h1-4,7-8,10,17-18,20-21,26H,5-6,9,11H2,(H,27,28)/t17-,18+,20-,21-/m0/s1. The number of hydrogen-bond donors (Lipinski definition) is 2. The molecular formula is C22H21N5O. The Balaban J connectivity index is 1.39. The first kappa shape index (κ1) is 18.2. The minimum Gasteiger partial charge on any atom is -0.339 e. The van der Waals surface area contributed by atoms with E-state index in [1.165, 1.54) is 0 Å². The predicted molar refractivity (Wildman–Crippen MR) is 104 cm³/mol. The summed E-state index contributed by atoms with van der Waals surface area (Å²) in [4.78, 5) is 16.5. The first-order chi connectivity index (χ1) is 13.7. The Morgan fingerprint density at radius 1 is 1.21 bits per heavy atom. The maximum atomic E-state index is 12.5. The molecule has 2 fully saturated rings. The van der Waals surface area contributed by atoms with Gasteiger partial charge < -0.3 is 10.6 Å². The van der Waals surface area contributed by atoms with E-state index in [1.807, 2.05) is 36.4 Å². The monoisotopic (exact) mass is 371 g/mol. The fourth-order valence-electron chi connectivity index (χ4n) is 4.28. The van der Waals surface area contributed by atoms with Gasteiger partial charge >= 0.3 is 0 Å². The fraction of sp³-hybridized carbons (Fsp3) is 0.364. The molecule has 140 valence electrons. The summed E-state index contributed by atoms with van der Waals surface area (Å²) < 4.78 is 0. The molecule has 1 aromatic carbocycles. The van der Waals surface area contributed by atoms with E-state index in [0.717, 1.165) is 36.0 Å². The molecule has 1 aromatic heterocycles. The van der Waals surface area contributed by atoms with Gasteiger partial charge in [0.05, 0.1) is 12.1 Å². The second kappa shape index (κ2) is 7.80. The minimum atomic E-state index is -0.551. The number of nitrogens with one attached hydrogen (secondary N) is 2. The summed E-state index contributed by atoms with van der Waals surface area (Å²) in [6.07, 6.45) is 5.39. The third kappa shape index (κ3) is 3.74. The number of nitrogens with zero attached hydrogens (tertiary/aromatic N) is 3. The molecule has 1 aliphatic carbocycles. The molecule has 0 spiro atoms. The van der Waals surface area contributed by atoms with Crippen LogP contribution in [0, 0.1) is 28.6 Å². The maximum absolute atomic E-state index is 12.5. The Morgan fingerprint density at radius 2 is 2.04 bits per heavy atom. The molecule has 2 aromatic rings. The molecular weight excluding hydrogens is 350 g/mol. The van der Waals surface area contributed by atoms with Gasteiger partial charge in [-0.15, -0.1) is 0 Å². The van der Waals surface area contributed by atoms with E-state index < -0.39 is 6.04 Å². The van der Waals surface area contributed by atoms with Crippen LogP contribution < -0.4 is 10.6 Å². The summed E-state index contributed by atoms with van der Waals surface area (Å²) in [6.45, 7) is 0. The first-order valence-corrected chi connectivity index (χ1v) is 9.58. The molecule has 28 heavy (non-hydrogen) atoms. The largest absolute Gasteiger partial charge is 0.339 e. The van der Waals surface area contributed by atoms with Crippen molar-refractivity contribution in [1.29, 1.82) is 10.5 Å². The summed E-state index contributed by atoms with van der Waals surface area (Å²) in [5.41, 5.74) is 3.26. The quantitative estimate of drug-likeness (QED) is 0.840. The van der Waals surface area contributed by atoms with Gasteiger partial charge in [-0.25, -0.2) is 4.98 Å². The van der Waals surface area contributed by atoms with E-state index in [-0.39, 0.29) is 11.9 Å². The number of rotatable bonds is 5. The highest BCUT2D eigenvalue weighted by Crippen LogP contribution is 2.35. The smallest absolute Gasteiger partial charge is 0.238 e. The van der Waals surface area contributed by atoms with Crippen LogP contribution in [0.1, 0.15) is 30.5 Å². The molecule has 2 heterocycles. The van der Waals surface area contributed by atoms with Crippen LogP contribution >= 0.6 is 0 Å². The molecule has 6 nitrogen and oxygen atoms in total. The molecule has 2 N–H and O–H groups in total. The second-order valence-electron chi connectivity index (χ2n) is 7.55. The molecule has 0 unspecified atom stereocenters.